The third-order valence-corrected chi connectivity index (χ3v) is 2.00. The number of hydrogen-bond donors (Lipinski definition) is 1. The molecule has 0 unspecified atom stereocenters. The minimum Gasteiger partial charge on any atom is -0.329 e. The van der Waals surface area contributed by atoms with Crippen LogP contribution in [0.3, 0.4) is 0 Å². The van der Waals surface area contributed by atoms with Gasteiger partial charge in [-0.3, -0.25) is 4.68 Å². The Bertz CT molecular complexity index is 232. The van der Waals surface area contributed by atoms with Crippen molar-refractivity contribution >= 4 is 11.6 Å². The van der Waals surface area contributed by atoms with Gasteiger partial charge in [0.05, 0.1) is 12.7 Å². The van der Waals surface area contributed by atoms with Crippen LogP contribution in [-0.4, -0.2) is 16.3 Å². The van der Waals surface area contributed by atoms with E-state index in [-0.39, 0.29) is 0 Å². The zero-order valence-electron chi connectivity index (χ0n) is 6.55. The van der Waals surface area contributed by atoms with Gasteiger partial charge in [-0.25, -0.2) is 0 Å². The molecule has 0 aromatic carbocycles. The maximum Gasteiger partial charge on any atom is 0.130 e. The van der Waals surface area contributed by atoms with Crippen molar-refractivity contribution < 1.29 is 0 Å². The van der Waals surface area contributed by atoms with E-state index in [9.17, 15) is 0 Å². The second kappa shape index (κ2) is 3.74. The average Bonchev–Trinajstić information content (AvgIpc) is 2.34. The van der Waals surface area contributed by atoms with Gasteiger partial charge in [0.2, 0.25) is 0 Å². The van der Waals surface area contributed by atoms with E-state index in [0.717, 1.165) is 17.1 Å². The smallest absolute Gasteiger partial charge is 0.130 e. The Kier molecular flexibility index (Phi) is 2.91. The van der Waals surface area contributed by atoms with Gasteiger partial charge in [0.15, 0.2) is 0 Å². The second-order valence-corrected chi connectivity index (χ2v) is 2.68. The quantitative estimate of drug-likeness (QED) is 0.743. The fourth-order valence-electron chi connectivity index (χ4n) is 0.924. The zero-order valence-corrected chi connectivity index (χ0v) is 7.30. The van der Waals surface area contributed by atoms with E-state index < -0.39 is 0 Å². The molecule has 0 bridgehead atoms. The Morgan fingerprint density at radius 3 is 2.91 bits per heavy atom. The van der Waals surface area contributed by atoms with E-state index >= 15 is 0 Å². The number of hydrogen-bond acceptors (Lipinski definition) is 2. The van der Waals surface area contributed by atoms with Crippen LogP contribution >= 0.6 is 11.6 Å². The molecule has 1 heterocycles. The van der Waals surface area contributed by atoms with Crippen molar-refractivity contribution in [3.8, 4) is 0 Å². The lowest BCUT2D eigenvalue weighted by Crippen LogP contribution is -2.10. The predicted molar refractivity (Wildman–Crippen MR) is 45.7 cm³/mol. The van der Waals surface area contributed by atoms with Crippen LogP contribution in [0, 0.1) is 0 Å². The van der Waals surface area contributed by atoms with Crippen molar-refractivity contribution in [1.29, 1.82) is 0 Å². The number of nitrogens with two attached hydrogens (primary N) is 1. The van der Waals surface area contributed by atoms with Crippen molar-refractivity contribution in [1.82, 2.24) is 9.78 Å². The molecule has 3 nitrogen and oxygen atoms in total. The molecule has 0 fully saturated rings. The van der Waals surface area contributed by atoms with Gasteiger partial charge < -0.3 is 5.73 Å². The first-order chi connectivity index (χ1) is 5.29. The summed E-state index contributed by atoms with van der Waals surface area (Å²) in [6.45, 7) is 3.32. The van der Waals surface area contributed by atoms with Gasteiger partial charge in [0, 0.05) is 12.1 Å². The molecule has 1 aromatic heterocycles. The van der Waals surface area contributed by atoms with Crippen LogP contribution in [0.1, 0.15) is 12.5 Å². The molecular formula is C7H12ClN3. The van der Waals surface area contributed by atoms with Crippen LogP contribution in [-0.2, 0) is 13.0 Å². The number of halogens is 1. The minimum absolute atomic E-state index is 0.574. The van der Waals surface area contributed by atoms with Crippen LogP contribution in [0.2, 0.25) is 5.15 Å². The molecule has 0 aliphatic carbocycles. The Morgan fingerprint density at radius 1 is 1.73 bits per heavy atom. The van der Waals surface area contributed by atoms with Crippen LogP contribution in [0.15, 0.2) is 6.20 Å². The average molecular weight is 174 g/mol. The van der Waals surface area contributed by atoms with Crippen LogP contribution in [0.4, 0.5) is 0 Å². The molecule has 0 atom stereocenters. The minimum atomic E-state index is 0.574. The molecule has 0 amide bonds. The van der Waals surface area contributed by atoms with Crippen molar-refractivity contribution in [3.63, 3.8) is 0 Å². The van der Waals surface area contributed by atoms with Crippen LogP contribution < -0.4 is 5.73 Å². The first-order valence-corrected chi connectivity index (χ1v) is 4.07. The number of rotatable bonds is 3. The Labute approximate surface area is 71.1 Å². The first kappa shape index (κ1) is 8.56. The standard InChI is InChI=1S/C7H12ClN3/c1-2-6-5-10-11(4-3-9)7(6)8/h5H,2-4,9H2,1H3. The molecule has 1 aromatic rings. The maximum absolute atomic E-state index is 5.95. The van der Waals surface area contributed by atoms with Gasteiger partial charge in [-0.15, -0.1) is 0 Å². The monoisotopic (exact) mass is 173 g/mol. The predicted octanol–water partition coefficient (Wildman–Crippen LogP) is 1.06. The van der Waals surface area contributed by atoms with Gasteiger partial charge >= 0.3 is 0 Å². The summed E-state index contributed by atoms with van der Waals surface area (Å²) in [4.78, 5) is 0. The Balaban J connectivity index is 2.82. The molecular weight excluding hydrogens is 162 g/mol. The summed E-state index contributed by atoms with van der Waals surface area (Å²) in [5.74, 6) is 0. The maximum atomic E-state index is 5.95. The summed E-state index contributed by atoms with van der Waals surface area (Å²) in [5.41, 5.74) is 6.44. The molecule has 0 aliphatic heterocycles. The molecule has 11 heavy (non-hydrogen) atoms. The lowest BCUT2D eigenvalue weighted by atomic mass is 10.3. The van der Waals surface area contributed by atoms with Crippen molar-refractivity contribution in [2.45, 2.75) is 19.9 Å². The van der Waals surface area contributed by atoms with E-state index in [4.69, 9.17) is 17.3 Å². The molecule has 4 heteroatoms. The van der Waals surface area contributed by atoms with E-state index in [0.29, 0.717) is 13.1 Å². The lowest BCUT2D eigenvalue weighted by molar-refractivity contribution is 0.625. The number of aryl methyl sites for hydroxylation is 1. The Hall–Kier alpha value is -0.540. The third kappa shape index (κ3) is 1.73. The normalized spacial score (nSPS) is 10.5. The molecule has 1 rings (SSSR count). The molecule has 0 aliphatic rings. The summed E-state index contributed by atoms with van der Waals surface area (Å²) >= 11 is 5.95. The first-order valence-electron chi connectivity index (χ1n) is 3.69. The van der Waals surface area contributed by atoms with Gasteiger partial charge in [0.1, 0.15) is 5.15 Å². The fourth-order valence-corrected chi connectivity index (χ4v) is 1.24. The van der Waals surface area contributed by atoms with E-state index in [1.54, 1.807) is 10.9 Å². The van der Waals surface area contributed by atoms with Crippen molar-refractivity contribution in [2.24, 2.45) is 5.73 Å². The topological polar surface area (TPSA) is 43.8 Å². The molecule has 62 valence electrons. The second-order valence-electron chi connectivity index (χ2n) is 2.33. The van der Waals surface area contributed by atoms with Crippen molar-refractivity contribution in [2.75, 3.05) is 6.54 Å². The molecule has 2 N–H and O–H groups in total. The molecule has 0 spiro atoms. The van der Waals surface area contributed by atoms with Crippen LogP contribution in [0.25, 0.3) is 0 Å². The molecule has 0 saturated heterocycles. The third-order valence-electron chi connectivity index (χ3n) is 1.57. The van der Waals surface area contributed by atoms with E-state index in [2.05, 4.69) is 12.0 Å². The summed E-state index contributed by atoms with van der Waals surface area (Å²) in [7, 11) is 0. The highest BCUT2D eigenvalue weighted by atomic mass is 35.5. The van der Waals surface area contributed by atoms with Crippen LogP contribution in [0.5, 0.6) is 0 Å². The molecule has 0 radical (unpaired) electrons. The Morgan fingerprint density at radius 2 is 2.45 bits per heavy atom. The number of aromatic nitrogens is 2. The van der Waals surface area contributed by atoms with Gasteiger partial charge in [-0.2, -0.15) is 5.10 Å². The fraction of sp³-hybridized carbons (Fsp3) is 0.571. The zero-order chi connectivity index (χ0) is 8.27. The van der Waals surface area contributed by atoms with Gasteiger partial charge in [0.25, 0.3) is 0 Å². The summed E-state index contributed by atoms with van der Waals surface area (Å²) in [6, 6.07) is 0. The lowest BCUT2D eigenvalue weighted by Gasteiger charge is -1.99. The highest BCUT2D eigenvalue weighted by Gasteiger charge is 2.04. The molecule has 0 saturated carbocycles. The summed E-state index contributed by atoms with van der Waals surface area (Å²) < 4.78 is 1.72. The van der Waals surface area contributed by atoms with Crippen molar-refractivity contribution in [3.05, 3.63) is 16.9 Å². The number of nitrogens with zero attached hydrogens (tertiary/aromatic N) is 2. The van der Waals surface area contributed by atoms with Gasteiger partial charge in [-0.05, 0) is 6.42 Å². The highest BCUT2D eigenvalue weighted by Crippen LogP contribution is 2.14. The SMILES string of the molecule is CCc1cnn(CCN)c1Cl. The van der Waals surface area contributed by atoms with E-state index in [1.165, 1.54) is 0 Å². The van der Waals surface area contributed by atoms with Gasteiger partial charge in [-0.1, -0.05) is 18.5 Å². The summed E-state index contributed by atoms with van der Waals surface area (Å²) in [6.07, 6.45) is 2.71. The summed E-state index contributed by atoms with van der Waals surface area (Å²) in [5, 5.41) is 4.80. The largest absolute Gasteiger partial charge is 0.329 e. The van der Waals surface area contributed by atoms with E-state index in [1.807, 2.05) is 0 Å². The highest BCUT2D eigenvalue weighted by molar-refractivity contribution is 6.30.